The summed E-state index contributed by atoms with van der Waals surface area (Å²) in [6.45, 7) is 6.14. The van der Waals surface area contributed by atoms with Gasteiger partial charge in [-0.25, -0.2) is 13.6 Å². The Hall–Kier alpha value is -0.170. The molecule has 0 rings (SSSR count). The van der Waals surface area contributed by atoms with Crippen LogP contribution in [0.5, 0.6) is 0 Å². The molecular weight excluding hydrogens is 230 g/mol. The third-order valence-corrected chi connectivity index (χ3v) is 2.69. The zero-order chi connectivity index (χ0) is 12.4. The molecule has 0 heterocycles. The predicted octanol–water partition coefficient (Wildman–Crippen LogP) is 0.744. The number of primary sulfonamides is 1. The van der Waals surface area contributed by atoms with Crippen LogP contribution in [0.15, 0.2) is 0 Å². The van der Waals surface area contributed by atoms with E-state index in [1.54, 1.807) is 0 Å². The van der Waals surface area contributed by atoms with E-state index in [9.17, 15) is 8.42 Å². The van der Waals surface area contributed by atoms with E-state index < -0.39 is 10.0 Å². The second-order valence-corrected chi connectivity index (χ2v) is 5.86. The maximum atomic E-state index is 10.5. The Bertz CT molecular complexity index is 252. The van der Waals surface area contributed by atoms with Crippen molar-refractivity contribution >= 4 is 10.0 Å². The minimum Gasteiger partial charge on any atom is -0.379 e. The molecule has 6 heteroatoms. The van der Waals surface area contributed by atoms with Crippen molar-refractivity contribution < 1.29 is 17.9 Å². The molecule has 0 radical (unpaired) electrons. The molecule has 98 valence electrons. The summed E-state index contributed by atoms with van der Waals surface area (Å²) in [5.74, 6) is 0.565. The van der Waals surface area contributed by atoms with Gasteiger partial charge < -0.3 is 9.47 Å². The Labute approximate surface area is 98.4 Å². The zero-order valence-electron chi connectivity index (χ0n) is 10.1. The number of nitrogens with two attached hydrogens (primary N) is 1. The van der Waals surface area contributed by atoms with Gasteiger partial charge in [-0.05, 0) is 18.8 Å². The lowest BCUT2D eigenvalue weighted by Gasteiger charge is -2.06. The molecule has 0 unspecified atom stereocenters. The summed E-state index contributed by atoms with van der Waals surface area (Å²) in [7, 11) is -3.40. The van der Waals surface area contributed by atoms with Crippen molar-refractivity contribution in [2.24, 2.45) is 11.1 Å². The highest BCUT2D eigenvalue weighted by molar-refractivity contribution is 7.89. The van der Waals surface area contributed by atoms with Gasteiger partial charge >= 0.3 is 0 Å². The third kappa shape index (κ3) is 13.8. The second kappa shape index (κ2) is 8.92. The minimum atomic E-state index is -3.40. The summed E-state index contributed by atoms with van der Waals surface area (Å²) in [4.78, 5) is 0. The van der Waals surface area contributed by atoms with Crippen LogP contribution < -0.4 is 5.14 Å². The smallest absolute Gasteiger partial charge is 0.211 e. The van der Waals surface area contributed by atoms with Gasteiger partial charge in [0.05, 0.1) is 25.6 Å². The number of hydrogen-bond donors (Lipinski definition) is 1. The number of hydrogen-bond acceptors (Lipinski definition) is 4. The lowest BCUT2D eigenvalue weighted by atomic mass is 10.1. The summed E-state index contributed by atoms with van der Waals surface area (Å²) in [5.41, 5.74) is 0. The molecular formula is C10H23NO4S. The van der Waals surface area contributed by atoms with Crippen LogP contribution in [0, 0.1) is 5.92 Å². The fourth-order valence-electron chi connectivity index (χ4n) is 1.09. The molecule has 0 aromatic carbocycles. The van der Waals surface area contributed by atoms with Crippen LogP contribution >= 0.6 is 0 Å². The molecule has 0 amide bonds. The normalized spacial score (nSPS) is 12.2. The SMILES string of the molecule is CC(C)CCCOCCOCCS(N)(=O)=O. The van der Waals surface area contributed by atoms with Crippen LogP contribution in [0.3, 0.4) is 0 Å². The Morgan fingerprint density at radius 1 is 1.06 bits per heavy atom. The van der Waals surface area contributed by atoms with Crippen molar-refractivity contribution in [3.05, 3.63) is 0 Å². The van der Waals surface area contributed by atoms with E-state index in [0.29, 0.717) is 19.1 Å². The van der Waals surface area contributed by atoms with Gasteiger partial charge in [0, 0.05) is 6.61 Å². The first-order valence-electron chi connectivity index (χ1n) is 5.58. The molecule has 0 atom stereocenters. The summed E-state index contributed by atoms with van der Waals surface area (Å²) in [6.07, 6.45) is 2.21. The quantitative estimate of drug-likeness (QED) is 0.583. The van der Waals surface area contributed by atoms with E-state index in [4.69, 9.17) is 14.6 Å². The van der Waals surface area contributed by atoms with Crippen LogP contribution in [0.1, 0.15) is 26.7 Å². The Balaban J connectivity index is 3.10. The van der Waals surface area contributed by atoms with E-state index in [2.05, 4.69) is 13.8 Å². The average molecular weight is 253 g/mol. The second-order valence-electron chi connectivity index (χ2n) is 4.13. The van der Waals surface area contributed by atoms with Crippen LogP contribution in [-0.4, -0.2) is 40.6 Å². The first-order chi connectivity index (χ1) is 7.42. The van der Waals surface area contributed by atoms with Crippen molar-refractivity contribution in [1.82, 2.24) is 0 Å². The lowest BCUT2D eigenvalue weighted by molar-refractivity contribution is 0.0512. The van der Waals surface area contributed by atoms with Crippen molar-refractivity contribution in [3.8, 4) is 0 Å². The standard InChI is InChI=1S/C10H23NO4S/c1-10(2)4-3-5-14-6-7-15-8-9-16(11,12)13/h10H,3-9H2,1-2H3,(H2,11,12,13). The highest BCUT2D eigenvalue weighted by Gasteiger charge is 2.01. The van der Waals surface area contributed by atoms with Gasteiger partial charge in [0.15, 0.2) is 0 Å². The molecule has 0 aliphatic heterocycles. The lowest BCUT2D eigenvalue weighted by Crippen LogP contribution is -2.21. The third-order valence-electron chi connectivity index (χ3n) is 1.95. The molecule has 0 saturated carbocycles. The summed E-state index contributed by atoms with van der Waals surface area (Å²) in [5, 5.41) is 4.81. The van der Waals surface area contributed by atoms with Gasteiger partial charge in [-0.2, -0.15) is 0 Å². The van der Waals surface area contributed by atoms with Gasteiger partial charge in [-0.3, -0.25) is 0 Å². The van der Waals surface area contributed by atoms with Gasteiger partial charge in [0.1, 0.15) is 0 Å². The summed E-state index contributed by atoms with van der Waals surface area (Å²) in [6, 6.07) is 0. The Morgan fingerprint density at radius 2 is 1.62 bits per heavy atom. The van der Waals surface area contributed by atoms with Crippen LogP contribution in [0.25, 0.3) is 0 Å². The topological polar surface area (TPSA) is 78.6 Å². The fraction of sp³-hybridized carbons (Fsp3) is 1.00. The first kappa shape index (κ1) is 15.8. The van der Waals surface area contributed by atoms with Gasteiger partial charge in [-0.1, -0.05) is 13.8 Å². The molecule has 0 spiro atoms. The molecule has 0 aromatic rings. The predicted molar refractivity (Wildman–Crippen MR) is 63.7 cm³/mol. The van der Waals surface area contributed by atoms with Crippen molar-refractivity contribution in [2.75, 3.05) is 32.2 Å². The largest absolute Gasteiger partial charge is 0.379 e. The van der Waals surface area contributed by atoms with Crippen molar-refractivity contribution in [1.29, 1.82) is 0 Å². The molecule has 2 N–H and O–H groups in total. The Morgan fingerprint density at radius 3 is 2.12 bits per heavy atom. The highest BCUT2D eigenvalue weighted by atomic mass is 32.2. The molecule has 0 fully saturated rings. The van der Waals surface area contributed by atoms with Crippen LogP contribution in [0.2, 0.25) is 0 Å². The van der Waals surface area contributed by atoms with Crippen LogP contribution in [0.4, 0.5) is 0 Å². The van der Waals surface area contributed by atoms with E-state index in [1.165, 1.54) is 0 Å². The minimum absolute atomic E-state index is 0.133. The maximum absolute atomic E-state index is 10.5. The zero-order valence-corrected chi connectivity index (χ0v) is 11.0. The van der Waals surface area contributed by atoms with Crippen molar-refractivity contribution in [3.63, 3.8) is 0 Å². The molecule has 16 heavy (non-hydrogen) atoms. The van der Waals surface area contributed by atoms with Crippen LogP contribution in [-0.2, 0) is 19.5 Å². The highest BCUT2D eigenvalue weighted by Crippen LogP contribution is 2.02. The molecule has 0 aliphatic carbocycles. The van der Waals surface area contributed by atoms with E-state index in [0.717, 1.165) is 19.4 Å². The first-order valence-corrected chi connectivity index (χ1v) is 7.29. The molecule has 0 aromatic heterocycles. The number of sulfonamides is 1. The van der Waals surface area contributed by atoms with Gasteiger partial charge in [0.2, 0.25) is 10.0 Å². The van der Waals surface area contributed by atoms with Gasteiger partial charge in [0.25, 0.3) is 0 Å². The van der Waals surface area contributed by atoms with E-state index >= 15 is 0 Å². The van der Waals surface area contributed by atoms with Gasteiger partial charge in [-0.15, -0.1) is 0 Å². The van der Waals surface area contributed by atoms with E-state index in [-0.39, 0.29) is 12.4 Å². The molecule has 0 aliphatic rings. The number of ether oxygens (including phenoxy) is 2. The maximum Gasteiger partial charge on any atom is 0.211 e. The monoisotopic (exact) mass is 253 g/mol. The Kier molecular flexibility index (Phi) is 8.83. The van der Waals surface area contributed by atoms with Crippen molar-refractivity contribution in [2.45, 2.75) is 26.7 Å². The number of rotatable bonds is 10. The fourth-order valence-corrected chi connectivity index (χ4v) is 1.44. The molecule has 5 nitrogen and oxygen atoms in total. The molecule has 0 bridgehead atoms. The average Bonchev–Trinajstić information content (AvgIpc) is 2.13. The summed E-state index contributed by atoms with van der Waals surface area (Å²) < 4.78 is 31.4. The molecule has 0 saturated heterocycles. The summed E-state index contributed by atoms with van der Waals surface area (Å²) >= 11 is 0. The van der Waals surface area contributed by atoms with E-state index in [1.807, 2.05) is 0 Å².